The van der Waals surface area contributed by atoms with Gasteiger partial charge in [-0.3, -0.25) is 4.79 Å². The van der Waals surface area contributed by atoms with Gasteiger partial charge in [-0.05, 0) is 35.7 Å². The van der Waals surface area contributed by atoms with Crippen LogP contribution in [0.5, 0.6) is 5.75 Å². The minimum atomic E-state index is -0.487. The second-order valence-corrected chi connectivity index (χ2v) is 7.53. The number of aryl methyl sites for hydroxylation is 1. The van der Waals surface area contributed by atoms with E-state index in [-0.39, 0.29) is 5.24 Å². The van der Waals surface area contributed by atoms with Gasteiger partial charge in [0.25, 0.3) is 5.24 Å². The molecule has 2 N–H and O–H groups in total. The summed E-state index contributed by atoms with van der Waals surface area (Å²) in [5.41, 5.74) is 3.20. The Morgan fingerprint density at radius 3 is 2.54 bits per heavy atom. The lowest BCUT2D eigenvalue weighted by molar-refractivity contribution is 0.200. The van der Waals surface area contributed by atoms with E-state index in [4.69, 9.17) is 4.74 Å². The normalized spacial score (nSPS) is 13.8. The van der Waals surface area contributed by atoms with Crippen molar-refractivity contribution in [3.05, 3.63) is 65.2 Å². The molecule has 2 amide bonds. The van der Waals surface area contributed by atoms with Crippen LogP contribution < -0.4 is 15.4 Å². The van der Waals surface area contributed by atoms with Gasteiger partial charge >= 0.3 is 6.09 Å². The number of ether oxygens (including phenoxy) is 1. The summed E-state index contributed by atoms with van der Waals surface area (Å²) in [5, 5.41) is 6.10. The van der Waals surface area contributed by atoms with E-state index < -0.39 is 6.09 Å². The zero-order valence-electron chi connectivity index (χ0n) is 15.9. The number of thioether (sulfide) groups is 1. The van der Waals surface area contributed by atoms with Gasteiger partial charge in [0.15, 0.2) is 0 Å². The van der Waals surface area contributed by atoms with E-state index >= 15 is 0 Å². The molecule has 7 heteroatoms. The molecule has 0 atom stereocenters. The Morgan fingerprint density at radius 2 is 1.82 bits per heavy atom. The molecule has 0 radical (unpaired) electrons. The third kappa shape index (κ3) is 6.00. The predicted octanol–water partition coefficient (Wildman–Crippen LogP) is 3.54. The number of nitrogens with zero attached hydrogens (tertiary/aromatic N) is 1. The summed E-state index contributed by atoms with van der Waals surface area (Å²) in [5.74, 6) is 1.08. The van der Waals surface area contributed by atoms with Crippen LogP contribution in [0.2, 0.25) is 0 Å². The lowest BCUT2D eigenvalue weighted by atomic mass is 10.1. The van der Waals surface area contributed by atoms with Gasteiger partial charge in [-0.2, -0.15) is 0 Å². The molecule has 1 aliphatic heterocycles. The van der Waals surface area contributed by atoms with Crippen LogP contribution >= 0.6 is 11.8 Å². The maximum Gasteiger partial charge on any atom is 0.412 e. The smallest absolute Gasteiger partial charge is 0.410 e. The monoisotopic (exact) mass is 399 g/mol. The second kappa shape index (κ2) is 10.1. The van der Waals surface area contributed by atoms with Crippen LogP contribution in [-0.4, -0.2) is 42.4 Å². The highest BCUT2D eigenvalue weighted by Gasteiger charge is 2.16. The summed E-state index contributed by atoms with van der Waals surface area (Å²) in [4.78, 5) is 26.0. The van der Waals surface area contributed by atoms with Crippen LogP contribution in [0.4, 0.5) is 9.59 Å². The van der Waals surface area contributed by atoms with Crippen LogP contribution in [0.3, 0.4) is 0 Å². The Balaban J connectivity index is 1.42. The summed E-state index contributed by atoms with van der Waals surface area (Å²) in [6.07, 6.45) is -0.487. The number of carbonyl (C=O) groups excluding carboxylic acids is 2. The number of hydrogen-bond donors (Lipinski definition) is 2. The van der Waals surface area contributed by atoms with Crippen LogP contribution in [-0.2, 0) is 12.3 Å². The maximum atomic E-state index is 12.2. The molecule has 0 aliphatic carbocycles. The van der Waals surface area contributed by atoms with E-state index in [9.17, 15) is 9.59 Å². The van der Waals surface area contributed by atoms with E-state index in [0.29, 0.717) is 18.0 Å². The fourth-order valence-electron chi connectivity index (χ4n) is 2.86. The predicted molar refractivity (Wildman–Crippen MR) is 112 cm³/mol. The highest BCUT2D eigenvalue weighted by Crippen LogP contribution is 2.19. The standard InChI is InChI=1S/C21H25N3O3S/c1-16-4-2-3-5-18(16)14-23-20(25)27-19-8-6-17(7-9-19)15-28-21(26)24-12-10-22-11-13-24/h2-9,22H,10-15H2,1H3,(H,23,25). The molecule has 1 aliphatic rings. The molecule has 1 heterocycles. The molecule has 0 aromatic heterocycles. The van der Waals surface area contributed by atoms with Crippen LogP contribution in [0, 0.1) is 6.92 Å². The molecule has 3 rings (SSSR count). The fourth-order valence-corrected chi connectivity index (χ4v) is 3.70. The third-order valence-electron chi connectivity index (χ3n) is 4.56. The summed E-state index contributed by atoms with van der Waals surface area (Å²) in [7, 11) is 0. The van der Waals surface area contributed by atoms with Gasteiger partial charge in [0.1, 0.15) is 5.75 Å². The lowest BCUT2D eigenvalue weighted by Crippen LogP contribution is -2.45. The minimum Gasteiger partial charge on any atom is -0.410 e. The molecule has 1 fully saturated rings. The number of hydrogen-bond acceptors (Lipinski definition) is 5. The third-order valence-corrected chi connectivity index (χ3v) is 5.54. The molecule has 2 aromatic carbocycles. The number of carbonyl (C=O) groups is 2. The number of benzene rings is 2. The largest absolute Gasteiger partial charge is 0.412 e. The number of piperazine rings is 1. The number of nitrogens with one attached hydrogen (secondary N) is 2. The zero-order chi connectivity index (χ0) is 19.8. The Kier molecular flexibility index (Phi) is 7.33. The van der Waals surface area contributed by atoms with Crippen LogP contribution in [0.25, 0.3) is 0 Å². The molecular formula is C21H25N3O3S. The van der Waals surface area contributed by atoms with E-state index in [1.807, 2.05) is 48.2 Å². The van der Waals surface area contributed by atoms with Crippen molar-refractivity contribution < 1.29 is 14.3 Å². The summed E-state index contributed by atoms with van der Waals surface area (Å²) < 4.78 is 5.31. The van der Waals surface area contributed by atoms with E-state index in [0.717, 1.165) is 42.9 Å². The van der Waals surface area contributed by atoms with Gasteiger partial charge < -0.3 is 20.3 Å². The highest BCUT2D eigenvalue weighted by atomic mass is 32.2. The van der Waals surface area contributed by atoms with Crippen LogP contribution in [0.15, 0.2) is 48.5 Å². The first-order valence-corrected chi connectivity index (χ1v) is 10.3. The molecule has 1 saturated heterocycles. The van der Waals surface area contributed by atoms with Gasteiger partial charge in [-0.1, -0.05) is 48.2 Å². The molecule has 0 saturated carbocycles. The number of amides is 2. The van der Waals surface area contributed by atoms with Crippen molar-refractivity contribution in [2.45, 2.75) is 19.2 Å². The molecule has 0 unspecified atom stereocenters. The first-order chi connectivity index (χ1) is 13.6. The van der Waals surface area contributed by atoms with Gasteiger partial charge in [0.2, 0.25) is 0 Å². The van der Waals surface area contributed by atoms with Crippen LogP contribution in [0.1, 0.15) is 16.7 Å². The molecule has 28 heavy (non-hydrogen) atoms. The van der Waals surface area contributed by atoms with Crippen molar-refractivity contribution in [2.24, 2.45) is 0 Å². The molecule has 148 valence electrons. The van der Waals surface area contributed by atoms with Crippen molar-refractivity contribution in [3.63, 3.8) is 0 Å². The average Bonchev–Trinajstić information content (AvgIpc) is 2.73. The molecular weight excluding hydrogens is 374 g/mol. The Morgan fingerprint density at radius 1 is 1.11 bits per heavy atom. The summed E-state index contributed by atoms with van der Waals surface area (Å²) >= 11 is 1.30. The first kappa shape index (κ1) is 20.2. The Labute approximate surface area is 169 Å². The average molecular weight is 400 g/mol. The lowest BCUT2D eigenvalue weighted by Gasteiger charge is -2.26. The summed E-state index contributed by atoms with van der Waals surface area (Å²) in [6, 6.07) is 15.1. The Hall–Kier alpha value is -2.51. The highest BCUT2D eigenvalue weighted by molar-refractivity contribution is 8.12. The maximum absolute atomic E-state index is 12.2. The van der Waals surface area contributed by atoms with E-state index in [1.54, 1.807) is 12.1 Å². The molecule has 0 spiro atoms. The van der Waals surface area contributed by atoms with Gasteiger partial charge in [-0.25, -0.2) is 4.79 Å². The van der Waals surface area contributed by atoms with Gasteiger partial charge in [0.05, 0.1) is 0 Å². The second-order valence-electron chi connectivity index (χ2n) is 6.61. The molecule has 0 bridgehead atoms. The Bertz CT molecular complexity index is 805. The molecule has 6 nitrogen and oxygen atoms in total. The van der Waals surface area contributed by atoms with E-state index in [1.165, 1.54) is 11.8 Å². The zero-order valence-corrected chi connectivity index (χ0v) is 16.8. The number of rotatable bonds is 5. The van der Waals surface area contributed by atoms with E-state index in [2.05, 4.69) is 10.6 Å². The topological polar surface area (TPSA) is 70.7 Å². The SMILES string of the molecule is Cc1ccccc1CNC(=O)Oc1ccc(CSC(=O)N2CCNCC2)cc1. The fraction of sp³-hybridized carbons (Fsp3) is 0.333. The van der Waals surface area contributed by atoms with Crippen molar-refractivity contribution in [3.8, 4) is 5.75 Å². The van der Waals surface area contributed by atoms with Crippen molar-refractivity contribution in [1.82, 2.24) is 15.5 Å². The van der Waals surface area contributed by atoms with Gasteiger partial charge in [0, 0.05) is 38.5 Å². The van der Waals surface area contributed by atoms with Crippen molar-refractivity contribution >= 4 is 23.1 Å². The van der Waals surface area contributed by atoms with Crippen molar-refractivity contribution in [2.75, 3.05) is 26.2 Å². The summed E-state index contributed by atoms with van der Waals surface area (Å²) in [6.45, 7) is 5.65. The quantitative estimate of drug-likeness (QED) is 0.805. The first-order valence-electron chi connectivity index (χ1n) is 9.33. The molecule has 2 aromatic rings. The minimum absolute atomic E-state index is 0.109. The van der Waals surface area contributed by atoms with Gasteiger partial charge in [-0.15, -0.1) is 0 Å². The van der Waals surface area contributed by atoms with Crippen molar-refractivity contribution in [1.29, 1.82) is 0 Å².